The van der Waals surface area contributed by atoms with Gasteiger partial charge < -0.3 is 28.6 Å². The Hall–Kier alpha value is -4.15. The van der Waals surface area contributed by atoms with Gasteiger partial charge in [-0.05, 0) is 18.2 Å². The van der Waals surface area contributed by atoms with Crippen molar-refractivity contribution in [2.24, 2.45) is 5.10 Å². The van der Waals surface area contributed by atoms with Gasteiger partial charge in [-0.3, -0.25) is 5.43 Å². The van der Waals surface area contributed by atoms with Gasteiger partial charge in [0.2, 0.25) is 5.95 Å². The molecule has 1 N–H and O–H groups in total. The van der Waals surface area contributed by atoms with Crippen molar-refractivity contribution < 1.29 is 14.2 Å². The number of ether oxygens (including phenoxy) is 3. The van der Waals surface area contributed by atoms with Gasteiger partial charge in [0.05, 0.1) is 39.2 Å². The number of benzene rings is 2. The number of hydrogen-bond acceptors (Lipinski definition) is 9. The molecule has 0 saturated carbocycles. The summed E-state index contributed by atoms with van der Waals surface area (Å²) in [6.07, 6.45) is 3.96. The molecular formula is C29H33N7O3. The van der Waals surface area contributed by atoms with Gasteiger partial charge in [-0.1, -0.05) is 36.4 Å². The number of nitrogens with one attached hydrogen (secondary N) is 1. The molecule has 2 saturated heterocycles. The van der Waals surface area contributed by atoms with E-state index in [1.54, 1.807) is 0 Å². The van der Waals surface area contributed by atoms with Crippen molar-refractivity contribution >= 4 is 34.7 Å². The van der Waals surface area contributed by atoms with Crippen LogP contribution >= 0.6 is 0 Å². The molecule has 202 valence electrons. The minimum atomic E-state index is 0.576. The zero-order chi connectivity index (χ0) is 26.3. The highest BCUT2D eigenvalue weighted by Gasteiger charge is 2.19. The molecule has 0 spiro atoms. The molecule has 0 atom stereocenters. The Morgan fingerprint density at radius 1 is 0.872 bits per heavy atom. The largest absolute Gasteiger partial charge is 0.492 e. The number of hydrogen-bond donors (Lipinski definition) is 1. The smallest absolute Gasteiger partial charge is 0.229 e. The standard InChI is InChI=1S/C29H33N7O3/c1-2-6-24(7-3-1)39-19-14-36-22-23(25-8-4-5-9-26(25)36)21-30-33-27-20-28(34-10-15-37-16-11-34)32-29(31-27)35-12-17-38-18-13-35/h1-9,20-22H,10-19H2,(H,31,32,33)/b30-21-. The van der Waals surface area contributed by atoms with Gasteiger partial charge in [0.25, 0.3) is 0 Å². The van der Waals surface area contributed by atoms with E-state index >= 15 is 0 Å². The molecule has 10 heteroatoms. The molecule has 0 bridgehead atoms. The normalized spacial score (nSPS) is 16.2. The maximum absolute atomic E-state index is 5.92. The molecule has 0 amide bonds. The zero-order valence-electron chi connectivity index (χ0n) is 21.9. The average molecular weight is 528 g/mol. The van der Waals surface area contributed by atoms with Crippen LogP contribution in [0, 0.1) is 0 Å². The summed E-state index contributed by atoms with van der Waals surface area (Å²) < 4.78 is 19.2. The first kappa shape index (κ1) is 25.1. The predicted molar refractivity (Wildman–Crippen MR) is 153 cm³/mol. The fourth-order valence-electron chi connectivity index (χ4n) is 4.85. The maximum atomic E-state index is 5.92. The third-order valence-corrected chi connectivity index (χ3v) is 6.88. The Morgan fingerprint density at radius 2 is 1.59 bits per heavy atom. The van der Waals surface area contributed by atoms with Crippen LogP contribution in [-0.2, 0) is 16.0 Å². The second-order valence-electron chi connectivity index (χ2n) is 9.44. The van der Waals surface area contributed by atoms with E-state index in [0.29, 0.717) is 44.8 Å². The van der Waals surface area contributed by atoms with Gasteiger partial charge in [0.1, 0.15) is 18.2 Å². The molecule has 4 heterocycles. The Kier molecular flexibility index (Phi) is 7.83. The zero-order valence-corrected chi connectivity index (χ0v) is 21.9. The van der Waals surface area contributed by atoms with Gasteiger partial charge >= 0.3 is 0 Å². The Morgan fingerprint density at radius 3 is 2.38 bits per heavy atom. The van der Waals surface area contributed by atoms with E-state index in [0.717, 1.165) is 60.8 Å². The van der Waals surface area contributed by atoms with E-state index in [1.165, 1.54) is 0 Å². The van der Waals surface area contributed by atoms with Gasteiger partial charge in [-0.25, -0.2) is 0 Å². The highest BCUT2D eigenvalue weighted by Crippen LogP contribution is 2.23. The lowest BCUT2D eigenvalue weighted by molar-refractivity contribution is 0.121. The summed E-state index contributed by atoms with van der Waals surface area (Å²) in [5.74, 6) is 3.10. The Balaban J connectivity index is 1.20. The first-order valence-electron chi connectivity index (χ1n) is 13.4. The van der Waals surface area contributed by atoms with Crippen LogP contribution in [0.3, 0.4) is 0 Å². The summed E-state index contributed by atoms with van der Waals surface area (Å²) in [6, 6.07) is 20.2. The summed E-state index contributed by atoms with van der Waals surface area (Å²) in [7, 11) is 0. The number of rotatable bonds is 9. The second-order valence-corrected chi connectivity index (χ2v) is 9.44. The van der Waals surface area contributed by atoms with E-state index in [1.807, 2.05) is 48.7 Å². The van der Waals surface area contributed by atoms with Crippen molar-refractivity contribution in [3.05, 3.63) is 72.4 Å². The van der Waals surface area contributed by atoms with Crippen LogP contribution in [0.2, 0.25) is 0 Å². The van der Waals surface area contributed by atoms with Gasteiger partial charge in [-0.2, -0.15) is 15.1 Å². The third kappa shape index (κ3) is 6.13. The maximum Gasteiger partial charge on any atom is 0.229 e. The molecular weight excluding hydrogens is 494 g/mol. The van der Waals surface area contributed by atoms with Gasteiger partial charge in [-0.15, -0.1) is 0 Å². The topological polar surface area (TPSA) is 89.3 Å². The molecule has 2 aliphatic rings. The van der Waals surface area contributed by atoms with Crippen molar-refractivity contribution in [1.29, 1.82) is 0 Å². The highest BCUT2D eigenvalue weighted by atomic mass is 16.5. The average Bonchev–Trinajstić information content (AvgIpc) is 3.36. The molecule has 10 nitrogen and oxygen atoms in total. The molecule has 2 aliphatic heterocycles. The summed E-state index contributed by atoms with van der Waals surface area (Å²) in [4.78, 5) is 14.0. The van der Waals surface area contributed by atoms with E-state index in [4.69, 9.17) is 24.2 Å². The fourth-order valence-corrected chi connectivity index (χ4v) is 4.85. The first-order chi connectivity index (χ1) is 19.3. The molecule has 39 heavy (non-hydrogen) atoms. The quantitative estimate of drug-likeness (QED) is 0.261. The molecule has 0 radical (unpaired) electrons. The minimum Gasteiger partial charge on any atom is -0.492 e. The van der Waals surface area contributed by atoms with E-state index in [2.05, 4.69) is 49.3 Å². The predicted octanol–water partition coefficient (Wildman–Crippen LogP) is 3.63. The number of nitrogens with zero attached hydrogens (tertiary/aromatic N) is 6. The second kappa shape index (κ2) is 12.1. The SMILES string of the molecule is C(=N/Nc1cc(N2CCOCC2)nc(N2CCOCC2)n1)/c1cn(CCOc2ccccc2)c2ccccc12. The molecule has 6 rings (SSSR count). The number of aromatic nitrogens is 3. The number of anilines is 3. The van der Waals surface area contributed by atoms with Crippen LogP contribution in [-0.4, -0.2) is 80.0 Å². The van der Waals surface area contributed by atoms with E-state index in [-0.39, 0.29) is 0 Å². The molecule has 2 aromatic heterocycles. The summed E-state index contributed by atoms with van der Waals surface area (Å²) in [5.41, 5.74) is 5.32. The van der Waals surface area contributed by atoms with Crippen LogP contribution in [0.15, 0.2) is 72.0 Å². The Bertz CT molecular complexity index is 1360. The van der Waals surface area contributed by atoms with Crippen molar-refractivity contribution in [3.63, 3.8) is 0 Å². The van der Waals surface area contributed by atoms with Crippen LogP contribution in [0.4, 0.5) is 17.6 Å². The van der Waals surface area contributed by atoms with Crippen molar-refractivity contribution in [2.75, 3.05) is 74.4 Å². The van der Waals surface area contributed by atoms with Crippen LogP contribution < -0.4 is 20.0 Å². The lowest BCUT2D eigenvalue weighted by atomic mass is 10.2. The summed E-state index contributed by atoms with van der Waals surface area (Å²) >= 11 is 0. The molecule has 0 unspecified atom stereocenters. The lowest BCUT2D eigenvalue weighted by Crippen LogP contribution is -2.39. The minimum absolute atomic E-state index is 0.576. The number of fused-ring (bicyclic) bond motifs is 1. The van der Waals surface area contributed by atoms with Crippen molar-refractivity contribution in [1.82, 2.24) is 14.5 Å². The number of morpholine rings is 2. The monoisotopic (exact) mass is 527 g/mol. The van der Waals surface area contributed by atoms with E-state index in [9.17, 15) is 0 Å². The van der Waals surface area contributed by atoms with Gasteiger partial charge in [0, 0.05) is 54.9 Å². The molecule has 2 aromatic carbocycles. The van der Waals surface area contributed by atoms with Crippen molar-refractivity contribution in [3.8, 4) is 5.75 Å². The van der Waals surface area contributed by atoms with Crippen molar-refractivity contribution in [2.45, 2.75) is 6.54 Å². The first-order valence-corrected chi connectivity index (χ1v) is 13.4. The Labute approximate surface area is 227 Å². The molecule has 4 aromatic rings. The summed E-state index contributed by atoms with van der Waals surface area (Å²) in [5, 5.41) is 5.71. The number of hydrazone groups is 1. The third-order valence-electron chi connectivity index (χ3n) is 6.88. The molecule has 2 fully saturated rings. The van der Waals surface area contributed by atoms with Crippen LogP contribution in [0.25, 0.3) is 10.9 Å². The number of para-hydroxylation sites is 2. The summed E-state index contributed by atoms with van der Waals surface area (Å²) in [6.45, 7) is 7.17. The lowest BCUT2D eigenvalue weighted by Gasteiger charge is -2.31. The van der Waals surface area contributed by atoms with E-state index < -0.39 is 0 Å². The molecule has 0 aliphatic carbocycles. The van der Waals surface area contributed by atoms with Crippen LogP contribution in [0.1, 0.15) is 5.56 Å². The fraction of sp³-hybridized carbons (Fsp3) is 0.345. The van der Waals surface area contributed by atoms with Crippen LogP contribution in [0.5, 0.6) is 5.75 Å². The highest BCUT2D eigenvalue weighted by molar-refractivity contribution is 5.99. The van der Waals surface area contributed by atoms with Gasteiger partial charge in [0.15, 0.2) is 5.82 Å².